The number of pyridine rings is 1. The molecule has 1 saturated heterocycles. The second kappa shape index (κ2) is 10.4. The van der Waals surface area contributed by atoms with Crippen molar-refractivity contribution in [1.82, 2.24) is 15.0 Å². The van der Waals surface area contributed by atoms with Crippen LogP contribution in [0.2, 0.25) is 0 Å². The highest BCUT2D eigenvalue weighted by atomic mass is 19.4. The van der Waals surface area contributed by atoms with E-state index in [2.05, 4.69) is 15.0 Å². The van der Waals surface area contributed by atoms with Crippen LogP contribution in [0, 0.1) is 17.5 Å². The van der Waals surface area contributed by atoms with E-state index in [1.807, 2.05) is 0 Å². The number of anilines is 2. The van der Waals surface area contributed by atoms with E-state index in [1.54, 1.807) is 11.8 Å². The normalized spacial score (nSPS) is 17.3. The summed E-state index contributed by atoms with van der Waals surface area (Å²) in [4.78, 5) is 14.2. The summed E-state index contributed by atoms with van der Waals surface area (Å²) in [5.74, 6) is -5.22. The standard InChI is InChI=1S/C27H22F9N5O/c1-12-11-40(24-18(27(34,35)36)5-15(10-37-24)13(2)42)3-4-41(12)25-38-21-9-16(26(31,32)33)8-17(23(21)39-25)14-6-19(28)22(30)20(29)7-14/h5-10,12-13,42H,3-4,11H2,1-2H3,(H,38,39)/t12-,13+/m1/s1. The fourth-order valence-corrected chi connectivity index (χ4v) is 4.96. The Bertz CT molecular complexity index is 1620. The molecule has 0 spiro atoms. The van der Waals surface area contributed by atoms with Crippen LogP contribution < -0.4 is 9.80 Å². The molecule has 2 N–H and O–H groups in total. The predicted molar refractivity (Wildman–Crippen MR) is 135 cm³/mol. The van der Waals surface area contributed by atoms with Crippen molar-refractivity contribution in [3.63, 3.8) is 0 Å². The molecule has 1 aliphatic rings. The van der Waals surface area contributed by atoms with Gasteiger partial charge in [-0.1, -0.05) is 0 Å². The number of aromatic nitrogens is 3. The van der Waals surface area contributed by atoms with Crippen molar-refractivity contribution in [1.29, 1.82) is 0 Å². The van der Waals surface area contributed by atoms with Crippen LogP contribution in [0.4, 0.5) is 51.3 Å². The van der Waals surface area contributed by atoms with Crippen molar-refractivity contribution in [2.45, 2.75) is 38.3 Å². The first kappa shape index (κ1) is 29.5. The molecule has 4 aromatic rings. The summed E-state index contributed by atoms with van der Waals surface area (Å²) in [6.45, 7) is 3.12. The van der Waals surface area contributed by atoms with E-state index in [-0.39, 0.29) is 59.1 Å². The fourth-order valence-electron chi connectivity index (χ4n) is 4.96. The van der Waals surface area contributed by atoms with E-state index in [1.165, 1.54) is 11.8 Å². The molecule has 5 rings (SSSR count). The molecule has 224 valence electrons. The number of imidazole rings is 1. The summed E-state index contributed by atoms with van der Waals surface area (Å²) in [5, 5.41) is 9.72. The number of aromatic amines is 1. The Morgan fingerprint density at radius 1 is 0.952 bits per heavy atom. The maximum atomic E-state index is 14.0. The number of fused-ring (bicyclic) bond motifs is 1. The van der Waals surface area contributed by atoms with Crippen molar-refractivity contribution in [2.24, 2.45) is 0 Å². The largest absolute Gasteiger partial charge is 0.419 e. The maximum absolute atomic E-state index is 14.0. The molecule has 3 heterocycles. The Labute approximate surface area is 232 Å². The summed E-state index contributed by atoms with van der Waals surface area (Å²) in [6, 6.07) is 2.88. The minimum absolute atomic E-state index is 0.00465. The van der Waals surface area contributed by atoms with Crippen LogP contribution in [0.15, 0.2) is 36.5 Å². The highest BCUT2D eigenvalue weighted by Gasteiger charge is 2.38. The summed E-state index contributed by atoms with van der Waals surface area (Å²) in [6.07, 6.45) is -9.59. The Morgan fingerprint density at radius 2 is 1.62 bits per heavy atom. The Kier molecular flexibility index (Phi) is 7.28. The molecule has 6 nitrogen and oxygen atoms in total. The molecule has 0 bridgehead atoms. The lowest BCUT2D eigenvalue weighted by atomic mass is 10.0. The van der Waals surface area contributed by atoms with E-state index in [4.69, 9.17) is 0 Å². The SMILES string of the molecule is C[C@H](O)c1cnc(N2CCN(c3nc4c(-c5cc(F)c(F)c(F)c5)cc(C(F)(F)F)cc4[nH]3)[C@H](C)C2)c(C(F)(F)F)c1. The van der Waals surface area contributed by atoms with Gasteiger partial charge in [0.15, 0.2) is 17.5 Å². The van der Waals surface area contributed by atoms with Gasteiger partial charge in [-0.2, -0.15) is 26.3 Å². The molecular weight excluding hydrogens is 581 g/mol. The zero-order valence-electron chi connectivity index (χ0n) is 21.9. The van der Waals surface area contributed by atoms with E-state index >= 15 is 0 Å². The molecule has 42 heavy (non-hydrogen) atoms. The van der Waals surface area contributed by atoms with Gasteiger partial charge in [0.25, 0.3) is 0 Å². The van der Waals surface area contributed by atoms with Crippen LogP contribution >= 0.6 is 0 Å². The number of benzene rings is 2. The van der Waals surface area contributed by atoms with Gasteiger partial charge in [0.05, 0.1) is 28.3 Å². The first-order valence-electron chi connectivity index (χ1n) is 12.6. The fraction of sp³-hybridized carbons (Fsp3) is 0.333. The molecule has 0 saturated carbocycles. The third kappa shape index (κ3) is 5.44. The van der Waals surface area contributed by atoms with E-state index in [9.17, 15) is 44.6 Å². The lowest BCUT2D eigenvalue weighted by Gasteiger charge is -2.41. The van der Waals surface area contributed by atoms with Crippen LogP contribution in [0.5, 0.6) is 0 Å². The van der Waals surface area contributed by atoms with Crippen molar-refractivity contribution >= 4 is 22.8 Å². The highest BCUT2D eigenvalue weighted by molar-refractivity contribution is 5.94. The van der Waals surface area contributed by atoms with Crippen molar-refractivity contribution in [2.75, 3.05) is 29.4 Å². The zero-order chi connectivity index (χ0) is 30.7. The van der Waals surface area contributed by atoms with Gasteiger partial charge >= 0.3 is 12.4 Å². The summed E-state index contributed by atoms with van der Waals surface area (Å²) in [7, 11) is 0. The first-order chi connectivity index (χ1) is 19.5. The molecule has 0 aliphatic carbocycles. The molecular formula is C27H22F9N5O. The number of nitrogens with one attached hydrogen (secondary N) is 1. The van der Waals surface area contributed by atoms with Gasteiger partial charge in [0.2, 0.25) is 5.95 Å². The maximum Gasteiger partial charge on any atom is 0.419 e. The summed E-state index contributed by atoms with van der Waals surface area (Å²) < 4.78 is 124. The quantitative estimate of drug-likeness (QED) is 0.197. The highest BCUT2D eigenvalue weighted by Crippen LogP contribution is 2.40. The topological polar surface area (TPSA) is 68.3 Å². The number of piperazine rings is 1. The minimum Gasteiger partial charge on any atom is -0.389 e. The molecule has 2 atom stereocenters. The molecule has 1 fully saturated rings. The lowest BCUT2D eigenvalue weighted by Crippen LogP contribution is -2.53. The number of hydrogen-bond acceptors (Lipinski definition) is 5. The van der Waals surface area contributed by atoms with E-state index in [0.29, 0.717) is 18.2 Å². The number of alkyl halides is 6. The average molecular weight is 603 g/mol. The van der Waals surface area contributed by atoms with Gasteiger partial charge in [-0.25, -0.2) is 23.1 Å². The average Bonchev–Trinajstić information content (AvgIpc) is 3.33. The number of aliphatic hydroxyl groups excluding tert-OH is 1. The molecule has 2 aromatic heterocycles. The first-order valence-corrected chi connectivity index (χ1v) is 12.6. The molecule has 0 radical (unpaired) electrons. The van der Waals surface area contributed by atoms with Gasteiger partial charge in [-0.15, -0.1) is 0 Å². The van der Waals surface area contributed by atoms with Gasteiger partial charge in [0, 0.05) is 37.4 Å². The van der Waals surface area contributed by atoms with Gasteiger partial charge < -0.3 is 19.9 Å². The second-order valence-corrected chi connectivity index (χ2v) is 10.0. The van der Waals surface area contributed by atoms with E-state index < -0.39 is 53.1 Å². The zero-order valence-corrected chi connectivity index (χ0v) is 21.9. The van der Waals surface area contributed by atoms with Crippen LogP contribution in [-0.4, -0.2) is 45.7 Å². The number of halogens is 9. The monoisotopic (exact) mass is 603 g/mol. The second-order valence-electron chi connectivity index (χ2n) is 10.0. The summed E-state index contributed by atoms with van der Waals surface area (Å²) >= 11 is 0. The van der Waals surface area contributed by atoms with Crippen LogP contribution in [0.25, 0.3) is 22.2 Å². The molecule has 2 aromatic carbocycles. The number of H-pyrrole nitrogens is 1. The van der Waals surface area contributed by atoms with Gasteiger partial charge in [0.1, 0.15) is 5.82 Å². The third-order valence-corrected chi connectivity index (χ3v) is 7.07. The van der Waals surface area contributed by atoms with Crippen LogP contribution in [0.3, 0.4) is 0 Å². The van der Waals surface area contributed by atoms with Gasteiger partial charge in [-0.05, 0) is 55.3 Å². The van der Waals surface area contributed by atoms with E-state index in [0.717, 1.165) is 18.3 Å². The van der Waals surface area contributed by atoms with Crippen LogP contribution in [-0.2, 0) is 12.4 Å². The Hall–Kier alpha value is -4.01. The van der Waals surface area contributed by atoms with Crippen LogP contribution in [0.1, 0.15) is 36.6 Å². The smallest absolute Gasteiger partial charge is 0.389 e. The van der Waals surface area contributed by atoms with Crippen molar-refractivity contribution in [3.8, 4) is 11.1 Å². The summed E-state index contributed by atoms with van der Waals surface area (Å²) in [5.41, 5.74) is -3.04. The number of nitrogens with zero attached hydrogens (tertiary/aromatic N) is 4. The predicted octanol–water partition coefficient (Wildman–Crippen LogP) is 6.85. The Balaban J connectivity index is 1.52. The van der Waals surface area contributed by atoms with Crippen molar-refractivity contribution < 1.29 is 44.6 Å². The van der Waals surface area contributed by atoms with Crippen molar-refractivity contribution in [3.05, 3.63) is 70.7 Å². The Morgan fingerprint density at radius 3 is 2.19 bits per heavy atom. The number of aliphatic hydroxyl groups is 1. The lowest BCUT2D eigenvalue weighted by molar-refractivity contribution is -0.138. The molecule has 15 heteroatoms. The minimum atomic E-state index is -4.84. The third-order valence-electron chi connectivity index (χ3n) is 7.07. The molecule has 0 amide bonds. The number of rotatable bonds is 4. The van der Waals surface area contributed by atoms with Gasteiger partial charge in [-0.3, -0.25) is 0 Å². The number of hydrogen-bond donors (Lipinski definition) is 2. The molecule has 1 aliphatic heterocycles. The molecule has 0 unspecified atom stereocenters.